The van der Waals surface area contributed by atoms with Crippen LogP contribution in [0.1, 0.15) is 48.6 Å². The first kappa shape index (κ1) is 39.3. The molecule has 2 heterocycles. The fourth-order valence-electron chi connectivity index (χ4n) is 7.10. The Morgan fingerprint density at radius 1 is 0.833 bits per heavy atom. The van der Waals surface area contributed by atoms with E-state index in [0.717, 1.165) is 16.0 Å². The second-order valence-electron chi connectivity index (χ2n) is 13.4. The summed E-state index contributed by atoms with van der Waals surface area (Å²) in [5.74, 6) is -0.212. The zero-order chi connectivity index (χ0) is 38.4. The number of carbonyl (C=O) groups is 4. The first-order valence-electron chi connectivity index (χ1n) is 17.7. The normalized spacial score (nSPS) is 16.4. The largest absolute Gasteiger partial charge is 0.493 e. The van der Waals surface area contributed by atoms with Crippen LogP contribution in [0.5, 0.6) is 11.5 Å². The molecule has 4 amide bonds. The smallest absolute Gasteiger partial charge is 0.261 e. The van der Waals surface area contributed by atoms with Crippen molar-refractivity contribution in [3.8, 4) is 11.5 Å². The molecule has 282 valence electrons. The second-order valence-corrected chi connectivity index (χ2v) is 15.1. The highest BCUT2D eigenvalue weighted by Crippen LogP contribution is 2.35. The van der Waals surface area contributed by atoms with Crippen molar-refractivity contribution in [2.24, 2.45) is 11.8 Å². The molecule has 2 atom stereocenters. The molecule has 10 nitrogen and oxygen atoms in total. The highest BCUT2D eigenvalue weighted by Gasteiger charge is 2.37. The van der Waals surface area contributed by atoms with Crippen LogP contribution in [0.25, 0.3) is 0 Å². The van der Waals surface area contributed by atoms with Crippen LogP contribution in [0.2, 0.25) is 10.0 Å². The average Bonchev–Trinajstić information content (AvgIpc) is 3.72. The number of nitrogens with one attached hydrogen (secondary N) is 1. The zero-order valence-corrected chi connectivity index (χ0v) is 33.1. The number of benzene rings is 4. The van der Waals surface area contributed by atoms with Gasteiger partial charge in [0.2, 0.25) is 5.91 Å². The number of imide groups is 1. The number of fused-ring (bicyclic) bond motifs is 1. The van der Waals surface area contributed by atoms with Gasteiger partial charge in [0.1, 0.15) is 0 Å². The van der Waals surface area contributed by atoms with Crippen LogP contribution in [0, 0.1) is 11.8 Å². The number of rotatable bonds is 15. The first-order valence-corrected chi connectivity index (χ1v) is 19.2. The number of ether oxygens (including phenoxy) is 2. The predicted octanol–water partition coefficient (Wildman–Crippen LogP) is 7.01. The number of nitrogens with zero attached hydrogens (tertiary/aromatic N) is 3. The van der Waals surface area contributed by atoms with E-state index in [2.05, 4.69) is 21.2 Å². The maximum Gasteiger partial charge on any atom is 0.261 e. The Balaban J connectivity index is 1.22. The van der Waals surface area contributed by atoms with Gasteiger partial charge in [-0.05, 0) is 81.7 Å². The Bertz CT molecular complexity index is 2000. The fraction of sp³-hybridized carbons (Fsp3) is 0.317. The summed E-state index contributed by atoms with van der Waals surface area (Å²) in [6.45, 7) is 2.82. The van der Waals surface area contributed by atoms with E-state index in [4.69, 9.17) is 32.7 Å². The minimum absolute atomic E-state index is 0.00207. The third-order valence-corrected chi connectivity index (χ3v) is 11.3. The molecular formula is C41H41BrCl2N4O6. The average molecular weight is 837 g/mol. The maximum absolute atomic E-state index is 14.4. The van der Waals surface area contributed by atoms with Gasteiger partial charge >= 0.3 is 0 Å². The van der Waals surface area contributed by atoms with Crippen LogP contribution >= 0.6 is 39.1 Å². The molecule has 0 spiro atoms. The van der Waals surface area contributed by atoms with Crippen LogP contribution in [0.4, 0.5) is 0 Å². The summed E-state index contributed by atoms with van der Waals surface area (Å²) in [5, 5.41) is 4.52. The lowest BCUT2D eigenvalue weighted by Gasteiger charge is -2.32. The van der Waals surface area contributed by atoms with Crippen molar-refractivity contribution >= 4 is 62.8 Å². The molecule has 2 unspecified atom stereocenters. The van der Waals surface area contributed by atoms with E-state index in [1.807, 2.05) is 41.3 Å². The third kappa shape index (κ3) is 8.92. The van der Waals surface area contributed by atoms with E-state index in [9.17, 15) is 19.2 Å². The molecule has 54 heavy (non-hydrogen) atoms. The summed E-state index contributed by atoms with van der Waals surface area (Å²) in [7, 11) is 3.08. The molecule has 1 fully saturated rings. The van der Waals surface area contributed by atoms with Gasteiger partial charge in [-0.25, -0.2) is 0 Å². The molecular weight excluding hydrogens is 795 g/mol. The van der Waals surface area contributed by atoms with Crippen molar-refractivity contribution < 1.29 is 28.7 Å². The molecule has 0 radical (unpaired) electrons. The third-order valence-electron chi connectivity index (χ3n) is 10.0. The second kappa shape index (κ2) is 17.8. The van der Waals surface area contributed by atoms with Crippen molar-refractivity contribution in [3.63, 3.8) is 0 Å². The standard InChI is InChI=1S/C41H41BrCl2N4O6/c1-53-36-19-33(34(42)20-37(36)54-2)39(50)47(23-26-8-4-3-5-9-26)25-29-22-45-21-28(29)24-46(16-14-27-12-13-30(43)18-35(27)44)38(49)15-17-48-40(51)31-10-6-7-11-32(31)41(48)52/h3-13,18-20,28-29,45H,14-17,21-25H2,1-2H3. The van der Waals surface area contributed by atoms with Crippen LogP contribution in [-0.4, -0.2) is 91.8 Å². The minimum atomic E-state index is -0.396. The topological polar surface area (TPSA) is 108 Å². The lowest BCUT2D eigenvalue weighted by molar-refractivity contribution is -0.132. The Kier molecular flexibility index (Phi) is 13.0. The van der Waals surface area contributed by atoms with Crippen molar-refractivity contribution in [3.05, 3.63) is 127 Å². The molecule has 4 aromatic rings. The molecule has 0 saturated carbocycles. The summed E-state index contributed by atoms with van der Waals surface area (Å²) in [5.41, 5.74) is 2.96. The van der Waals surface area contributed by atoms with E-state index in [1.165, 1.54) is 7.11 Å². The van der Waals surface area contributed by atoms with Gasteiger partial charge in [0.05, 0.1) is 30.9 Å². The van der Waals surface area contributed by atoms with Gasteiger partial charge in [-0.15, -0.1) is 0 Å². The van der Waals surface area contributed by atoms with Gasteiger partial charge in [0.25, 0.3) is 17.7 Å². The zero-order valence-electron chi connectivity index (χ0n) is 30.0. The summed E-state index contributed by atoms with van der Waals surface area (Å²) in [4.78, 5) is 59.3. The van der Waals surface area contributed by atoms with Gasteiger partial charge in [0.15, 0.2) is 11.5 Å². The summed E-state index contributed by atoms with van der Waals surface area (Å²) in [6, 6.07) is 25.2. The molecule has 1 N–H and O–H groups in total. The van der Waals surface area contributed by atoms with E-state index in [0.29, 0.717) is 88.4 Å². The number of amides is 4. The van der Waals surface area contributed by atoms with Crippen molar-refractivity contribution in [1.29, 1.82) is 0 Å². The Hall–Kier alpha value is -4.42. The Labute approximate surface area is 333 Å². The molecule has 0 bridgehead atoms. The van der Waals surface area contributed by atoms with Crippen molar-refractivity contribution in [2.45, 2.75) is 19.4 Å². The van der Waals surface area contributed by atoms with Crippen LogP contribution < -0.4 is 14.8 Å². The summed E-state index contributed by atoms with van der Waals surface area (Å²) < 4.78 is 11.6. The fourth-order valence-corrected chi connectivity index (χ4v) is 8.09. The van der Waals surface area contributed by atoms with Gasteiger partial charge in [0, 0.05) is 66.8 Å². The molecule has 0 aromatic heterocycles. The highest BCUT2D eigenvalue weighted by molar-refractivity contribution is 9.10. The number of methoxy groups -OCH3 is 2. The molecule has 0 aliphatic carbocycles. The molecule has 13 heteroatoms. The molecule has 4 aromatic carbocycles. The molecule has 2 aliphatic rings. The first-order chi connectivity index (χ1) is 26.1. The number of carbonyl (C=O) groups excluding carboxylic acids is 4. The highest BCUT2D eigenvalue weighted by atomic mass is 79.9. The number of hydrogen-bond acceptors (Lipinski definition) is 7. The lowest BCUT2D eigenvalue weighted by Crippen LogP contribution is -2.43. The molecule has 6 rings (SSSR count). The van der Waals surface area contributed by atoms with E-state index < -0.39 is 11.8 Å². The van der Waals surface area contributed by atoms with E-state index >= 15 is 0 Å². The Morgan fingerprint density at radius 3 is 2.07 bits per heavy atom. The molecule has 1 saturated heterocycles. The quantitative estimate of drug-likeness (QED) is 0.129. The monoisotopic (exact) mass is 834 g/mol. The molecule has 2 aliphatic heterocycles. The van der Waals surface area contributed by atoms with E-state index in [-0.39, 0.29) is 36.6 Å². The van der Waals surface area contributed by atoms with Crippen LogP contribution in [0.15, 0.2) is 89.4 Å². The summed E-state index contributed by atoms with van der Waals surface area (Å²) in [6.07, 6.45) is 0.447. The Morgan fingerprint density at radius 2 is 1.44 bits per heavy atom. The number of halogens is 3. The van der Waals surface area contributed by atoms with Gasteiger partial charge in [-0.3, -0.25) is 24.1 Å². The van der Waals surface area contributed by atoms with Crippen molar-refractivity contribution in [2.75, 3.05) is 53.5 Å². The predicted molar refractivity (Wildman–Crippen MR) is 211 cm³/mol. The van der Waals surface area contributed by atoms with Crippen LogP contribution in [0.3, 0.4) is 0 Å². The van der Waals surface area contributed by atoms with Crippen molar-refractivity contribution in [1.82, 2.24) is 20.0 Å². The van der Waals surface area contributed by atoms with Gasteiger partial charge in [-0.1, -0.05) is 71.7 Å². The minimum Gasteiger partial charge on any atom is -0.493 e. The van der Waals surface area contributed by atoms with Crippen LogP contribution in [-0.2, 0) is 17.8 Å². The lowest BCUT2D eigenvalue weighted by atomic mass is 9.93. The van der Waals surface area contributed by atoms with Gasteiger partial charge in [-0.2, -0.15) is 0 Å². The SMILES string of the molecule is COc1cc(Br)c(C(=O)N(Cc2ccccc2)CC2CNCC2CN(CCc2ccc(Cl)cc2Cl)C(=O)CCN2C(=O)c3ccccc3C2=O)cc1OC. The summed E-state index contributed by atoms with van der Waals surface area (Å²) >= 11 is 16.3. The van der Waals surface area contributed by atoms with Gasteiger partial charge < -0.3 is 24.6 Å². The van der Waals surface area contributed by atoms with E-state index in [1.54, 1.807) is 60.5 Å². The number of hydrogen-bond donors (Lipinski definition) is 1. The maximum atomic E-state index is 14.4.